The highest BCUT2D eigenvalue weighted by Gasteiger charge is 2.34. The number of amides is 2. The number of carbonyl (C=O) groups is 2. The number of piperazine rings is 1. The van der Waals surface area contributed by atoms with Gasteiger partial charge in [0.25, 0.3) is 0 Å². The van der Waals surface area contributed by atoms with Crippen molar-refractivity contribution in [2.24, 2.45) is 0 Å². The lowest BCUT2D eigenvalue weighted by Gasteiger charge is -2.35. The number of aliphatic hydroxyl groups is 1. The summed E-state index contributed by atoms with van der Waals surface area (Å²) < 4.78 is 57.4. The maximum atomic E-state index is 13.6. The molecular formula is C24H28F4N4O4. The lowest BCUT2D eigenvalue weighted by atomic mass is 10.1. The van der Waals surface area contributed by atoms with Gasteiger partial charge in [0, 0.05) is 44.5 Å². The number of anilines is 2. The maximum absolute atomic E-state index is 13.6. The van der Waals surface area contributed by atoms with Crippen molar-refractivity contribution in [1.29, 1.82) is 0 Å². The summed E-state index contributed by atoms with van der Waals surface area (Å²) in [6.45, 7) is 2.44. The molecule has 0 bridgehead atoms. The average Bonchev–Trinajstić information content (AvgIpc) is 2.81. The smallest absolute Gasteiger partial charge is 0.419 e. The van der Waals surface area contributed by atoms with Gasteiger partial charge < -0.3 is 20.5 Å². The second-order valence-corrected chi connectivity index (χ2v) is 8.42. The second kappa shape index (κ2) is 12.2. The summed E-state index contributed by atoms with van der Waals surface area (Å²) >= 11 is 0. The number of alkyl halides is 3. The largest absolute Gasteiger partial charge is 0.496 e. The summed E-state index contributed by atoms with van der Waals surface area (Å²) in [7, 11) is 1.13. The normalized spacial score (nSPS) is 15.8. The van der Waals surface area contributed by atoms with Crippen molar-refractivity contribution >= 4 is 23.2 Å². The number of ether oxygens (including phenoxy) is 1. The van der Waals surface area contributed by atoms with Crippen LogP contribution in [0, 0.1) is 5.82 Å². The highest BCUT2D eigenvalue weighted by Crippen LogP contribution is 2.37. The van der Waals surface area contributed by atoms with Gasteiger partial charge >= 0.3 is 6.18 Å². The van der Waals surface area contributed by atoms with Crippen molar-refractivity contribution in [2.75, 3.05) is 57.0 Å². The summed E-state index contributed by atoms with van der Waals surface area (Å²) in [6, 6.07) is 8.92. The number of hydrogen-bond donors (Lipinski definition) is 3. The van der Waals surface area contributed by atoms with Crippen LogP contribution >= 0.6 is 0 Å². The Morgan fingerprint density at radius 2 is 1.69 bits per heavy atom. The van der Waals surface area contributed by atoms with E-state index >= 15 is 0 Å². The average molecular weight is 513 g/mol. The molecule has 1 fully saturated rings. The van der Waals surface area contributed by atoms with E-state index in [9.17, 15) is 32.3 Å². The van der Waals surface area contributed by atoms with Crippen LogP contribution in [0.2, 0.25) is 0 Å². The van der Waals surface area contributed by atoms with Gasteiger partial charge in [-0.2, -0.15) is 13.2 Å². The molecule has 0 saturated carbocycles. The molecule has 1 aliphatic heterocycles. The standard InChI is InChI=1S/C24H28F4N4O4/c1-36-21-12-16(6-7-18(21)24(26,27)28)29-23(35)15-32-10-8-31(9-11-32)14-17(33)13-22(34)30-20-5-3-2-4-19(20)25/h2-7,12,17,33H,8-11,13-15H2,1H3,(H,29,35)(H,30,34). The lowest BCUT2D eigenvalue weighted by molar-refractivity contribution is -0.138. The number of para-hydroxylation sites is 1. The van der Waals surface area contributed by atoms with Gasteiger partial charge in [-0.1, -0.05) is 12.1 Å². The molecule has 1 aliphatic rings. The number of aliphatic hydroxyl groups excluding tert-OH is 1. The van der Waals surface area contributed by atoms with Gasteiger partial charge in [0.05, 0.1) is 37.4 Å². The van der Waals surface area contributed by atoms with Crippen molar-refractivity contribution in [3.8, 4) is 5.75 Å². The summed E-state index contributed by atoms with van der Waals surface area (Å²) in [5.41, 5.74) is -0.678. The van der Waals surface area contributed by atoms with Gasteiger partial charge in [-0.05, 0) is 24.3 Å². The topological polar surface area (TPSA) is 94.1 Å². The van der Waals surface area contributed by atoms with Crippen molar-refractivity contribution in [3.05, 3.63) is 53.8 Å². The number of halogens is 4. The van der Waals surface area contributed by atoms with E-state index in [2.05, 4.69) is 10.6 Å². The number of hydrogen-bond acceptors (Lipinski definition) is 6. The van der Waals surface area contributed by atoms with Crippen LogP contribution in [0.1, 0.15) is 12.0 Å². The number of β-amino-alcohol motifs (C(OH)–C–C–N with tert-alkyl or cyclic N) is 1. The van der Waals surface area contributed by atoms with E-state index in [1.807, 2.05) is 9.80 Å². The molecule has 1 heterocycles. The Bertz CT molecular complexity index is 1060. The Kier molecular flexibility index (Phi) is 9.24. The zero-order chi connectivity index (χ0) is 26.3. The molecule has 0 aliphatic carbocycles. The number of rotatable bonds is 9. The molecule has 2 amide bonds. The SMILES string of the molecule is COc1cc(NC(=O)CN2CCN(CC(O)CC(=O)Nc3ccccc3F)CC2)ccc1C(F)(F)F. The van der Waals surface area contributed by atoms with Crippen LogP contribution in [-0.2, 0) is 15.8 Å². The van der Waals surface area contributed by atoms with Gasteiger partial charge in [0.1, 0.15) is 11.6 Å². The molecule has 1 atom stereocenters. The molecule has 0 radical (unpaired) electrons. The van der Waals surface area contributed by atoms with E-state index in [0.29, 0.717) is 26.2 Å². The Hall–Kier alpha value is -3.22. The van der Waals surface area contributed by atoms with Gasteiger partial charge in [-0.15, -0.1) is 0 Å². The minimum Gasteiger partial charge on any atom is -0.496 e. The van der Waals surface area contributed by atoms with E-state index in [0.717, 1.165) is 19.2 Å². The predicted molar refractivity (Wildman–Crippen MR) is 125 cm³/mol. The number of carbonyl (C=O) groups excluding carboxylic acids is 2. The molecule has 2 aromatic rings. The van der Waals surface area contributed by atoms with Crippen LogP contribution in [-0.4, -0.2) is 79.2 Å². The van der Waals surface area contributed by atoms with E-state index in [-0.39, 0.29) is 42.5 Å². The number of benzene rings is 2. The fourth-order valence-electron chi connectivity index (χ4n) is 3.88. The van der Waals surface area contributed by atoms with Gasteiger partial charge in [0.15, 0.2) is 0 Å². The minimum absolute atomic E-state index is 0.0464. The van der Waals surface area contributed by atoms with Crippen LogP contribution in [0.3, 0.4) is 0 Å². The summed E-state index contributed by atoms with van der Waals surface area (Å²) in [5.74, 6) is -1.81. The molecule has 0 aromatic heterocycles. The highest BCUT2D eigenvalue weighted by atomic mass is 19.4. The summed E-state index contributed by atoms with van der Waals surface area (Å²) in [6.07, 6.45) is -5.69. The number of nitrogens with one attached hydrogen (secondary N) is 2. The van der Waals surface area contributed by atoms with Crippen molar-refractivity contribution < 1.29 is 37.0 Å². The van der Waals surface area contributed by atoms with Crippen LogP contribution in [0.15, 0.2) is 42.5 Å². The zero-order valence-corrected chi connectivity index (χ0v) is 19.6. The first kappa shape index (κ1) is 27.4. The molecular weight excluding hydrogens is 484 g/mol. The summed E-state index contributed by atoms with van der Waals surface area (Å²) in [5, 5.41) is 15.3. The first-order valence-corrected chi connectivity index (χ1v) is 11.3. The molecule has 3 rings (SSSR count). The van der Waals surface area contributed by atoms with Crippen molar-refractivity contribution in [3.63, 3.8) is 0 Å². The Morgan fingerprint density at radius 1 is 1.03 bits per heavy atom. The van der Waals surface area contributed by atoms with Crippen molar-refractivity contribution in [2.45, 2.75) is 18.7 Å². The molecule has 2 aromatic carbocycles. The Labute approximate surface area is 205 Å². The molecule has 1 unspecified atom stereocenters. The van der Waals surface area contributed by atoms with Crippen LogP contribution in [0.25, 0.3) is 0 Å². The fourth-order valence-corrected chi connectivity index (χ4v) is 3.88. The first-order valence-electron chi connectivity index (χ1n) is 11.3. The summed E-state index contributed by atoms with van der Waals surface area (Å²) in [4.78, 5) is 28.3. The zero-order valence-electron chi connectivity index (χ0n) is 19.6. The maximum Gasteiger partial charge on any atom is 0.419 e. The monoisotopic (exact) mass is 512 g/mol. The van der Waals surface area contributed by atoms with Crippen LogP contribution < -0.4 is 15.4 Å². The Balaban J connectivity index is 1.40. The third-order valence-corrected chi connectivity index (χ3v) is 5.66. The molecule has 12 heteroatoms. The molecule has 3 N–H and O–H groups in total. The van der Waals surface area contributed by atoms with Gasteiger partial charge in [-0.25, -0.2) is 4.39 Å². The highest BCUT2D eigenvalue weighted by molar-refractivity contribution is 5.92. The molecule has 36 heavy (non-hydrogen) atoms. The first-order chi connectivity index (χ1) is 17.0. The van der Waals surface area contributed by atoms with Crippen LogP contribution in [0.4, 0.5) is 28.9 Å². The predicted octanol–water partition coefficient (Wildman–Crippen LogP) is 2.80. The van der Waals surface area contributed by atoms with Gasteiger partial charge in [0.2, 0.25) is 11.8 Å². The van der Waals surface area contributed by atoms with E-state index < -0.39 is 29.6 Å². The van der Waals surface area contributed by atoms with Crippen molar-refractivity contribution in [1.82, 2.24) is 9.80 Å². The van der Waals surface area contributed by atoms with E-state index in [1.165, 1.54) is 24.3 Å². The molecule has 8 nitrogen and oxygen atoms in total. The molecule has 0 spiro atoms. The third kappa shape index (κ3) is 7.90. The molecule has 1 saturated heterocycles. The number of nitrogens with zero attached hydrogens (tertiary/aromatic N) is 2. The molecule has 196 valence electrons. The minimum atomic E-state index is -4.56. The van der Waals surface area contributed by atoms with E-state index in [1.54, 1.807) is 6.07 Å². The van der Waals surface area contributed by atoms with Crippen LogP contribution in [0.5, 0.6) is 5.75 Å². The quantitative estimate of drug-likeness (QED) is 0.448. The fraction of sp³-hybridized carbons (Fsp3) is 0.417. The van der Waals surface area contributed by atoms with Gasteiger partial charge in [-0.3, -0.25) is 19.4 Å². The third-order valence-electron chi connectivity index (χ3n) is 5.66. The second-order valence-electron chi connectivity index (χ2n) is 8.42. The van der Waals surface area contributed by atoms with E-state index in [4.69, 9.17) is 4.74 Å². The number of methoxy groups -OCH3 is 1. The lowest BCUT2D eigenvalue weighted by Crippen LogP contribution is -2.50. The Morgan fingerprint density at radius 3 is 2.33 bits per heavy atom.